The van der Waals surface area contributed by atoms with Crippen LogP contribution in [-0.2, 0) is 0 Å². The fraction of sp³-hybridized carbons (Fsp3) is 0.278. The molecule has 6 nitrogen and oxygen atoms in total. The summed E-state index contributed by atoms with van der Waals surface area (Å²) in [5, 5.41) is 11.2. The molecular formula is C18H18N4O2. The maximum Gasteiger partial charge on any atom is 0.254 e. The van der Waals surface area contributed by atoms with E-state index in [0.717, 1.165) is 36.3 Å². The van der Waals surface area contributed by atoms with E-state index in [2.05, 4.69) is 15.4 Å². The summed E-state index contributed by atoms with van der Waals surface area (Å²) in [6, 6.07) is 11.2. The van der Waals surface area contributed by atoms with Gasteiger partial charge < -0.3 is 9.42 Å². The van der Waals surface area contributed by atoms with Crippen molar-refractivity contribution < 1.29 is 9.32 Å². The average molecular weight is 322 g/mol. The van der Waals surface area contributed by atoms with Gasteiger partial charge in [0.2, 0.25) is 0 Å². The first-order valence-electron chi connectivity index (χ1n) is 8.07. The summed E-state index contributed by atoms with van der Waals surface area (Å²) in [6.07, 6.45) is 3.61. The molecule has 0 saturated carbocycles. The van der Waals surface area contributed by atoms with Crippen molar-refractivity contribution in [2.45, 2.75) is 25.8 Å². The molecule has 0 radical (unpaired) electrons. The van der Waals surface area contributed by atoms with Crippen molar-refractivity contribution in [1.82, 2.24) is 20.3 Å². The van der Waals surface area contributed by atoms with Crippen molar-refractivity contribution in [3.63, 3.8) is 0 Å². The Bertz CT molecular complexity index is 853. The van der Waals surface area contributed by atoms with Crippen LogP contribution in [0.15, 0.2) is 47.1 Å². The zero-order valence-corrected chi connectivity index (χ0v) is 13.4. The Balaban J connectivity index is 1.67. The first-order valence-corrected chi connectivity index (χ1v) is 8.07. The number of carbonyl (C=O) groups is 1. The molecular weight excluding hydrogens is 304 g/mol. The summed E-state index contributed by atoms with van der Waals surface area (Å²) >= 11 is 0. The van der Waals surface area contributed by atoms with Crippen LogP contribution >= 0.6 is 0 Å². The second kappa shape index (κ2) is 5.96. The normalized spacial score (nSPS) is 17.4. The highest BCUT2D eigenvalue weighted by atomic mass is 16.5. The first kappa shape index (κ1) is 14.7. The minimum absolute atomic E-state index is 0.0272. The molecule has 1 saturated heterocycles. The molecule has 0 aliphatic carbocycles. The summed E-state index contributed by atoms with van der Waals surface area (Å²) in [5.74, 6) is 0.725. The molecule has 122 valence electrons. The first-order chi connectivity index (χ1) is 11.7. The van der Waals surface area contributed by atoms with Gasteiger partial charge >= 0.3 is 0 Å². The average Bonchev–Trinajstić information content (AvgIpc) is 3.34. The van der Waals surface area contributed by atoms with Gasteiger partial charge in [-0.15, -0.1) is 0 Å². The van der Waals surface area contributed by atoms with Gasteiger partial charge in [-0.25, -0.2) is 0 Å². The Morgan fingerprint density at radius 1 is 1.33 bits per heavy atom. The molecule has 1 aliphatic heterocycles. The van der Waals surface area contributed by atoms with Crippen LogP contribution < -0.4 is 0 Å². The maximum absolute atomic E-state index is 12.9. The van der Waals surface area contributed by atoms with Crippen molar-refractivity contribution in [3.05, 3.63) is 59.5 Å². The molecule has 24 heavy (non-hydrogen) atoms. The number of hydrogen-bond donors (Lipinski definition) is 1. The number of nitrogens with zero attached hydrogens (tertiary/aromatic N) is 3. The fourth-order valence-corrected chi connectivity index (χ4v) is 3.29. The molecule has 1 N–H and O–H groups in total. The standard InChI is InChI=1S/C18H18N4O2/c1-12-10-16(24-21-12)14-11-19-20-17(14)15-8-5-9-22(15)18(23)13-6-3-2-4-7-13/h2-4,6-7,10-11,15H,5,8-9H2,1H3,(H,19,20)/t15-/m0/s1. The number of H-pyrrole nitrogens is 1. The number of aromatic nitrogens is 3. The SMILES string of the molecule is Cc1cc(-c2cn[nH]c2[C@@H]2CCCN2C(=O)c2ccccc2)on1. The number of benzene rings is 1. The lowest BCUT2D eigenvalue weighted by molar-refractivity contribution is 0.0733. The minimum Gasteiger partial charge on any atom is -0.356 e. The Hall–Kier alpha value is -2.89. The van der Waals surface area contributed by atoms with Crippen LogP contribution in [0.25, 0.3) is 11.3 Å². The van der Waals surface area contributed by atoms with Crippen molar-refractivity contribution in [3.8, 4) is 11.3 Å². The topological polar surface area (TPSA) is 75.0 Å². The highest BCUT2D eigenvalue weighted by Gasteiger charge is 2.33. The van der Waals surface area contributed by atoms with Crippen molar-refractivity contribution >= 4 is 5.91 Å². The molecule has 1 fully saturated rings. The summed E-state index contributed by atoms with van der Waals surface area (Å²) < 4.78 is 5.38. The Kier molecular flexibility index (Phi) is 3.65. The second-order valence-electron chi connectivity index (χ2n) is 6.05. The van der Waals surface area contributed by atoms with Crippen LogP contribution in [0.1, 0.15) is 40.6 Å². The van der Waals surface area contributed by atoms with Gasteiger partial charge in [0.05, 0.1) is 29.2 Å². The van der Waals surface area contributed by atoms with Gasteiger partial charge in [-0.05, 0) is 31.9 Å². The Morgan fingerprint density at radius 2 is 2.17 bits per heavy atom. The van der Waals surface area contributed by atoms with Crippen LogP contribution in [0, 0.1) is 6.92 Å². The van der Waals surface area contributed by atoms with E-state index in [1.165, 1.54) is 0 Å². The number of nitrogens with one attached hydrogen (secondary N) is 1. The van der Waals surface area contributed by atoms with E-state index >= 15 is 0 Å². The lowest BCUT2D eigenvalue weighted by Gasteiger charge is -2.24. The van der Waals surface area contributed by atoms with E-state index < -0.39 is 0 Å². The number of hydrogen-bond acceptors (Lipinski definition) is 4. The summed E-state index contributed by atoms with van der Waals surface area (Å²) in [7, 11) is 0. The van der Waals surface area contributed by atoms with E-state index in [1.54, 1.807) is 6.20 Å². The number of aromatic amines is 1. The lowest BCUT2D eigenvalue weighted by atomic mass is 10.0. The molecule has 1 aromatic carbocycles. The number of rotatable bonds is 3. The molecule has 0 unspecified atom stereocenters. The number of aryl methyl sites for hydroxylation is 1. The van der Waals surface area contributed by atoms with Gasteiger partial charge in [0.15, 0.2) is 5.76 Å². The smallest absolute Gasteiger partial charge is 0.254 e. The Morgan fingerprint density at radius 3 is 2.92 bits per heavy atom. The monoisotopic (exact) mass is 322 g/mol. The predicted molar refractivity (Wildman–Crippen MR) is 88.3 cm³/mol. The predicted octanol–water partition coefficient (Wildman–Crippen LogP) is 3.35. The van der Waals surface area contributed by atoms with Gasteiger partial charge in [-0.2, -0.15) is 5.10 Å². The van der Waals surface area contributed by atoms with E-state index in [0.29, 0.717) is 11.3 Å². The van der Waals surface area contributed by atoms with Gasteiger partial charge in [0, 0.05) is 18.2 Å². The van der Waals surface area contributed by atoms with Crippen LogP contribution in [0.3, 0.4) is 0 Å². The summed E-state index contributed by atoms with van der Waals surface area (Å²) in [5.41, 5.74) is 3.31. The van der Waals surface area contributed by atoms with Crippen LogP contribution in [0.5, 0.6) is 0 Å². The fourth-order valence-electron chi connectivity index (χ4n) is 3.29. The van der Waals surface area contributed by atoms with Crippen LogP contribution in [0.2, 0.25) is 0 Å². The number of likely N-dealkylation sites (tertiary alicyclic amines) is 1. The largest absolute Gasteiger partial charge is 0.356 e. The van der Waals surface area contributed by atoms with E-state index in [1.807, 2.05) is 48.2 Å². The molecule has 3 aromatic rings. The zero-order valence-electron chi connectivity index (χ0n) is 13.4. The molecule has 0 spiro atoms. The lowest BCUT2D eigenvalue weighted by Crippen LogP contribution is -2.31. The molecule has 4 rings (SSSR count). The van der Waals surface area contributed by atoms with E-state index in [9.17, 15) is 4.79 Å². The van der Waals surface area contributed by atoms with Gasteiger partial charge in [0.25, 0.3) is 5.91 Å². The Labute approximate surface area is 139 Å². The van der Waals surface area contributed by atoms with E-state index in [-0.39, 0.29) is 11.9 Å². The summed E-state index contributed by atoms with van der Waals surface area (Å²) in [4.78, 5) is 14.8. The third kappa shape index (κ3) is 2.50. The molecule has 1 aliphatic rings. The molecule has 2 aromatic heterocycles. The van der Waals surface area contributed by atoms with Crippen LogP contribution in [0.4, 0.5) is 0 Å². The highest BCUT2D eigenvalue weighted by Crippen LogP contribution is 2.37. The number of amides is 1. The minimum atomic E-state index is -0.0272. The molecule has 0 bridgehead atoms. The molecule has 3 heterocycles. The quantitative estimate of drug-likeness (QED) is 0.802. The maximum atomic E-state index is 12.9. The summed E-state index contributed by atoms with van der Waals surface area (Å²) in [6.45, 7) is 2.62. The third-order valence-corrected chi connectivity index (χ3v) is 4.43. The molecule has 6 heteroatoms. The van der Waals surface area contributed by atoms with Crippen LogP contribution in [-0.4, -0.2) is 32.7 Å². The third-order valence-electron chi connectivity index (χ3n) is 4.43. The van der Waals surface area contributed by atoms with Crippen molar-refractivity contribution in [2.24, 2.45) is 0 Å². The molecule has 1 amide bonds. The highest BCUT2D eigenvalue weighted by molar-refractivity contribution is 5.94. The second-order valence-corrected chi connectivity index (χ2v) is 6.05. The number of carbonyl (C=O) groups excluding carboxylic acids is 1. The molecule has 1 atom stereocenters. The van der Waals surface area contributed by atoms with Crippen molar-refractivity contribution in [1.29, 1.82) is 0 Å². The van der Waals surface area contributed by atoms with Gasteiger partial charge in [-0.1, -0.05) is 23.4 Å². The van der Waals surface area contributed by atoms with Gasteiger partial charge in [-0.3, -0.25) is 9.89 Å². The van der Waals surface area contributed by atoms with E-state index in [4.69, 9.17) is 4.52 Å². The van der Waals surface area contributed by atoms with Crippen molar-refractivity contribution in [2.75, 3.05) is 6.54 Å². The zero-order chi connectivity index (χ0) is 16.5. The van der Waals surface area contributed by atoms with Gasteiger partial charge in [0.1, 0.15) is 0 Å².